The average molecular weight is 310 g/mol. The summed E-state index contributed by atoms with van der Waals surface area (Å²) in [6.45, 7) is 3.68. The van der Waals surface area contributed by atoms with Crippen molar-refractivity contribution in [2.75, 3.05) is 19.6 Å². The molecule has 0 aliphatic rings. The Labute approximate surface area is 119 Å². The molecule has 1 aromatic rings. The summed E-state index contributed by atoms with van der Waals surface area (Å²) in [6, 6.07) is -0.341. The highest BCUT2D eigenvalue weighted by Crippen LogP contribution is 2.19. The first-order chi connectivity index (χ1) is 8.83. The lowest BCUT2D eigenvalue weighted by Crippen LogP contribution is -2.38. The van der Waals surface area contributed by atoms with Crippen LogP contribution in [-0.2, 0) is 21.8 Å². The fraction of sp³-hybridized carbons (Fsp3) is 0.727. The van der Waals surface area contributed by atoms with Gasteiger partial charge in [-0.25, -0.2) is 13.1 Å². The molecule has 0 amide bonds. The van der Waals surface area contributed by atoms with Gasteiger partial charge in [-0.3, -0.25) is 4.68 Å². The molecular weight excluding hydrogens is 290 g/mol. The molecule has 1 N–H and O–H groups in total. The minimum absolute atomic E-state index is 0.227. The summed E-state index contributed by atoms with van der Waals surface area (Å²) in [6.07, 6.45) is 0.507. The fourth-order valence-electron chi connectivity index (χ4n) is 1.93. The van der Waals surface area contributed by atoms with Crippen LogP contribution < -0.4 is 4.72 Å². The first kappa shape index (κ1) is 16.4. The van der Waals surface area contributed by atoms with Crippen molar-refractivity contribution < 1.29 is 13.2 Å². The van der Waals surface area contributed by atoms with E-state index in [4.69, 9.17) is 16.3 Å². The summed E-state index contributed by atoms with van der Waals surface area (Å²) in [5, 5.41) is 4.12. The van der Waals surface area contributed by atoms with E-state index in [1.54, 1.807) is 25.6 Å². The average Bonchev–Trinajstić information content (AvgIpc) is 2.53. The Morgan fingerprint density at radius 1 is 1.47 bits per heavy atom. The van der Waals surface area contributed by atoms with Gasteiger partial charge in [-0.2, -0.15) is 5.10 Å². The van der Waals surface area contributed by atoms with Crippen LogP contribution >= 0.6 is 11.6 Å². The molecule has 110 valence electrons. The molecule has 0 bridgehead atoms. The number of alkyl halides is 1. The number of hydrogen-bond donors (Lipinski definition) is 1. The van der Waals surface area contributed by atoms with Crippen molar-refractivity contribution in [3.05, 3.63) is 11.4 Å². The van der Waals surface area contributed by atoms with Crippen molar-refractivity contribution in [3.63, 3.8) is 0 Å². The van der Waals surface area contributed by atoms with Gasteiger partial charge in [-0.05, 0) is 20.3 Å². The van der Waals surface area contributed by atoms with Gasteiger partial charge in [0.1, 0.15) is 4.90 Å². The van der Waals surface area contributed by atoms with Crippen molar-refractivity contribution >= 4 is 21.6 Å². The van der Waals surface area contributed by atoms with Gasteiger partial charge in [0, 0.05) is 26.1 Å². The zero-order valence-electron chi connectivity index (χ0n) is 11.6. The number of aromatic nitrogens is 2. The van der Waals surface area contributed by atoms with Crippen LogP contribution in [0.25, 0.3) is 0 Å². The molecule has 0 aliphatic heterocycles. The number of halogens is 1. The first-order valence-corrected chi connectivity index (χ1v) is 7.92. The molecule has 19 heavy (non-hydrogen) atoms. The summed E-state index contributed by atoms with van der Waals surface area (Å²) >= 11 is 5.67. The van der Waals surface area contributed by atoms with Crippen molar-refractivity contribution in [3.8, 4) is 0 Å². The highest BCUT2D eigenvalue weighted by Gasteiger charge is 2.26. The van der Waals surface area contributed by atoms with Gasteiger partial charge in [0.2, 0.25) is 10.0 Å². The van der Waals surface area contributed by atoms with Crippen LogP contribution in [0, 0.1) is 13.8 Å². The van der Waals surface area contributed by atoms with Crippen molar-refractivity contribution in [1.29, 1.82) is 0 Å². The number of rotatable bonds is 7. The minimum atomic E-state index is -3.62. The summed E-state index contributed by atoms with van der Waals surface area (Å²) in [4.78, 5) is 0.227. The number of nitrogens with zero attached hydrogens (tertiary/aromatic N) is 2. The maximum atomic E-state index is 12.4. The highest BCUT2D eigenvalue weighted by molar-refractivity contribution is 7.89. The van der Waals surface area contributed by atoms with E-state index in [1.807, 2.05) is 0 Å². The maximum absolute atomic E-state index is 12.4. The second-order valence-corrected chi connectivity index (χ2v) is 6.40. The molecule has 0 saturated carbocycles. The molecule has 0 radical (unpaired) electrons. The molecule has 0 aromatic carbocycles. The number of methoxy groups -OCH3 is 1. The van der Waals surface area contributed by atoms with Crippen molar-refractivity contribution in [2.45, 2.75) is 31.2 Å². The third kappa shape index (κ3) is 3.92. The first-order valence-electron chi connectivity index (χ1n) is 5.91. The number of aryl methyl sites for hydroxylation is 2. The predicted molar refractivity (Wildman–Crippen MR) is 74.0 cm³/mol. The van der Waals surface area contributed by atoms with Gasteiger partial charge in [0.15, 0.2) is 0 Å². The molecule has 1 heterocycles. The minimum Gasteiger partial charge on any atom is -0.383 e. The van der Waals surface area contributed by atoms with Crippen LogP contribution in [0.15, 0.2) is 4.90 Å². The van der Waals surface area contributed by atoms with Crippen molar-refractivity contribution in [2.24, 2.45) is 7.05 Å². The zero-order valence-corrected chi connectivity index (χ0v) is 13.2. The lowest BCUT2D eigenvalue weighted by Gasteiger charge is -2.17. The molecule has 1 aromatic heterocycles. The predicted octanol–water partition coefficient (Wildman–Crippen LogP) is 0.959. The van der Waals surface area contributed by atoms with Crippen LogP contribution in [0.1, 0.15) is 17.8 Å². The van der Waals surface area contributed by atoms with Crippen molar-refractivity contribution in [1.82, 2.24) is 14.5 Å². The standard InChI is InChI=1S/C11H20ClN3O3S/c1-8-11(9(2)15(3)13-8)19(16,17)14-10(5-6-12)7-18-4/h10,14H,5-7H2,1-4H3. The Kier molecular flexibility index (Phi) is 5.79. The van der Waals surface area contributed by atoms with E-state index in [0.29, 0.717) is 23.7 Å². The molecule has 8 heteroatoms. The molecule has 1 unspecified atom stereocenters. The monoisotopic (exact) mass is 309 g/mol. The van der Waals surface area contributed by atoms with E-state index in [0.717, 1.165) is 0 Å². The van der Waals surface area contributed by atoms with Gasteiger partial charge in [0.05, 0.1) is 18.0 Å². The van der Waals surface area contributed by atoms with Gasteiger partial charge < -0.3 is 4.74 Å². The van der Waals surface area contributed by atoms with Crippen LogP contribution in [0.5, 0.6) is 0 Å². The lowest BCUT2D eigenvalue weighted by atomic mass is 10.3. The number of hydrogen-bond acceptors (Lipinski definition) is 4. The van der Waals surface area contributed by atoms with Crippen LogP contribution in [0.4, 0.5) is 0 Å². The Morgan fingerprint density at radius 2 is 2.11 bits per heavy atom. The van der Waals surface area contributed by atoms with Gasteiger partial charge >= 0.3 is 0 Å². The van der Waals surface area contributed by atoms with Crippen LogP contribution in [0.2, 0.25) is 0 Å². The van der Waals surface area contributed by atoms with E-state index in [-0.39, 0.29) is 17.5 Å². The molecule has 0 spiro atoms. The maximum Gasteiger partial charge on any atom is 0.244 e. The SMILES string of the molecule is COCC(CCCl)NS(=O)(=O)c1c(C)nn(C)c1C. The molecular formula is C11H20ClN3O3S. The van der Waals surface area contributed by atoms with E-state index >= 15 is 0 Å². The largest absolute Gasteiger partial charge is 0.383 e. The molecule has 1 rings (SSSR count). The fourth-order valence-corrected chi connectivity index (χ4v) is 3.89. The van der Waals surface area contributed by atoms with Gasteiger partial charge in [-0.15, -0.1) is 11.6 Å². The Balaban J connectivity index is 3.03. The number of ether oxygens (including phenoxy) is 1. The molecule has 0 aliphatic carbocycles. The molecule has 1 atom stereocenters. The Morgan fingerprint density at radius 3 is 2.53 bits per heavy atom. The second-order valence-electron chi connectivity index (χ2n) is 4.37. The Hall–Kier alpha value is -0.630. The Bertz CT molecular complexity index is 522. The summed E-state index contributed by atoms with van der Waals surface area (Å²) < 4.78 is 33.9. The third-order valence-electron chi connectivity index (χ3n) is 2.86. The van der Waals surface area contributed by atoms with Crippen LogP contribution in [-0.4, -0.2) is 43.8 Å². The summed E-state index contributed by atoms with van der Waals surface area (Å²) in [5.74, 6) is 0.363. The summed E-state index contributed by atoms with van der Waals surface area (Å²) in [7, 11) is -0.377. The highest BCUT2D eigenvalue weighted by atomic mass is 35.5. The van der Waals surface area contributed by atoms with E-state index in [1.165, 1.54) is 7.11 Å². The molecule has 6 nitrogen and oxygen atoms in total. The van der Waals surface area contributed by atoms with E-state index in [2.05, 4.69) is 9.82 Å². The lowest BCUT2D eigenvalue weighted by molar-refractivity contribution is 0.173. The number of nitrogens with one attached hydrogen (secondary N) is 1. The zero-order chi connectivity index (χ0) is 14.6. The van der Waals surface area contributed by atoms with Gasteiger partial charge in [0.25, 0.3) is 0 Å². The molecule has 0 saturated heterocycles. The number of sulfonamides is 1. The summed E-state index contributed by atoms with van der Waals surface area (Å²) in [5.41, 5.74) is 1.08. The normalized spacial score (nSPS) is 13.7. The van der Waals surface area contributed by atoms with Gasteiger partial charge in [-0.1, -0.05) is 0 Å². The topological polar surface area (TPSA) is 73.2 Å². The smallest absolute Gasteiger partial charge is 0.244 e. The quantitative estimate of drug-likeness (QED) is 0.761. The van der Waals surface area contributed by atoms with E-state index < -0.39 is 10.0 Å². The van der Waals surface area contributed by atoms with Crippen LogP contribution in [0.3, 0.4) is 0 Å². The van der Waals surface area contributed by atoms with E-state index in [9.17, 15) is 8.42 Å². The second kappa shape index (κ2) is 6.69. The third-order valence-corrected chi connectivity index (χ3v) is 4.85. The molecule has 0 fully saturated rings.